The van der Waals surface area contributed by atoms with Crippen molar-refractivity contribution in [3.05, 3.63) is 76.0 Å². The zero-order valence-electron chi connectivity index (χ0n) is 13.5. The predicted molar refractivity (Wildman–Crippen MR) is 101 cm³/mol. The van der Waals surface area contributed by atoms with Crippen molar-refractivity contribution < 1.29 is 4.79 Å². The lowest BCUT2D eigenvalue weighted by atomic mass is 10.1. The standard InChI is InChI=1S/C10H5Cl2NO.C9H13N/c11-9-4-13-10(12)8-3-6(5-14)1-2-7(8)9;1-8(10-2)9-6-4-3-5-7-9/h1-5H;3-8,10H,1-2H3. The molecule has 1 atom stereocenters. The molecule has 1 heterocycles. The van der Waals surface area contributed by atoms with Crippen LogP contribution in [0.25, 0.3) is 10.8 Å². The monoisotopic (exact) mass is 360 g/mol. The van der Waals surface area contributed by atoms with Crippen LogP contribution in [0.1, 0.15) is 28.9 Å². The van der Waals surface area contributed by atoms with Gasteiger partial charge in [-0.3, -0.25) is 4.79 Å². The Morgan fingerprint density at radius 2 is 1.79 bits per heavy atom. The Hall–Kier alpha value is -1.94. The van der Waals surface area contributed by atoms with Crippen molar-refractivity contribution >= 4 is 40.3 Å². The van der Waals surface area contributed by atoms with Crippen LogP contribution in [-0.2, 0) is 0 Å². The fourth-order valence-corrected chi connectivity index (χ4v) is 2.59. The molecule has 0 aliphatic heterocycles. The highest BCUT2D eigenvalue weighted by atomic mass is 35.5. The van der Waals surface area contributed by atoms with Gasteiger partial charge in [-0.15, -0.1) is 0 Å². The fourth-order valence-electron chi connectivity index (χ4n) is 2.17. The summed E-state index contributed by atoms with van der Waals surface area (Å²) in [5, 5.41) is 5.57. The molecule has 0 aliphatic carbocycles. The number of nitrogens with zero attached hydrogens (tertiary/aromatic N) is 1. The molecule has 0 spiro atoms. The molecule has 3 nitrogen and oxygen atoms in total. The number of aromatic nitrogens is 1. The number of aldehydes is 1. The van der Waals surface area contributed by atoms with Crippen molar-refractivity contribution in [3.8, 4) is 0 Å². The molecular formula is C19H18Cl2N2O. The van der Waals surface area contributed by atoms with Gasteiger partial charge in [0.25, 0.3) is 0 Å². The van der Waals surface area contributed by atoms with Gasteiger partial charge in [-0.25, -0.2) is 4.98 Å². The number of carbonyl (C=O) groups excluding carboxylic acids is 1. The van der Waals surface area contributed by atoms with Gasteiger partial charge in [-0.1, -0.05) is 65.7 Å². The van der Waals surface area contributed by atoms with E-state index >= 15 is 0 Å². The van der Waals surface area contributed by atoms with Crippen LogP contribution in [-0.4, -0.2) is 18.3 Å². The first-order chi connectivity index (χ1) is 11.6. The predicted octanol–water partition coefficient (Wildman–Crippen LogP) is 5.32. The highest BCUT2D eigenvalue weighted by Gasteiger charge is 2.04. The molecule has 0 saturated heterocycles. The van der Waals surface area contributed by atoms with Crippen LogP contribution in [0.5, 0.6) is 0 Å². The van der Waals surface area contributed by atoms with Gasteiger partial charge in [0.2, 0.25) is 0 Å². The smallest absolute Gasteiger partial charge is 0.150 e. The lowest BCUT2D eigenvalue weighted by molar-refractivity contribution is 0.112. The quantitative estimate of drug-likeness (QED) is 0.507. The summed E-state index contributed by atoms with van der Waals surface area (Å²) in [6, 6.07) is 16.0. The van der Waals surface area contributed by atoms with Crippen molar-refractivity contribution in [3.63, 3.8) is 0 Å². The molecule has 1 aromatic heterocycles. The summed E-state index contributed by atoms with van der Waals surface area (Å²) < 4.78 is 0. The summed E-state index contributed by atoms with van der Waals surface area (Å²) in [4.78, 5) is 14.4. The van der Waals surface area contributed by atoms with Crippen molar-refractivity contribution in [2.45, 2.75) is 13.0 Å². The number of benzene rings is 2. The minimum absolute atomic E-state index is 0.355. The number of nitrogens with one attached hydrogen (secondary N) is 1. The normalized spacial score (nSPS) is 11.5. The number of halogens is 2. The molecule has 0 radical (unpaired) electrons. The van der Waals surface area contributed by atoms with E-state index < -0.39 is 0 Å². The summed E-state index contributed by atoms with van der Waals surface area (Å²) in [7, 11) is 1.97. The Morgan fingerprint density at radius 1 is 1.08 bits per heavy atom. The van der Waals surface area contributed by atoms with Crippen LogP contribution in [0.3, 0.4) is 0 Å². The molecule has 1 unspecified atom stereocenters. The van der Waals surface area contributed by atoms with E-state index in [9.17, 15) is 4.79 Å². The van der Waals surface area contributed by atoms with Crippen LogP contribution in [0.4, 0.5) is 0 Å². The van der Waals surface area contributed by atoms with E-state index in [0.717, 1.165) is 11.7 Å². The molecule has 2 aromatic carbocycles. The Kier molecular flexibility index (Phi) is 6.73. The fraction of sp³-hybridized carbons (Fsp3) is 0.158. The minimum atomic E-state index is 0.355. The lowest BCUT2D eigenvalue weighted by Gasteiger charge is -2.08. The maximum absolute atomic E-state index is 10.5. The van der Waals surface area contributed by atoms with E-state index in [1.54, 1.807) is 18.2 Å². The highest BCUT2D eigenvalue weighted by molar-refractivity contribution is 6.39. The molecule has 1 N–H and O–H groups in total. The molecule has 5 heteroatoms. The number of fused-ring (bicyclic) bond motifs is 1. The average molecular weight is 361 g/mol. The first-order valence-electron chi connectivity index (χ1n) is 7.48. The number of hydrogen-bond acceptors (Lipinski definition) is 3. The molecule has 0 amide bonds. The summed E-state index contributed by atoms with van der Waals surface area (Å²) >= 11 is 11.8. The zero-order chi connectivity index (χ0) is 17.5. The van der Waals surface area contributed by atoms with Gasteiger partial charge in [0.15, 0.2) is 0 Å². The third-order valence-electron chi connectivity index (χ3n) is 3.68. The van der Waals surface area contributed by atoms with Gasteiger partial charge >= 0.3 is 0 Å². The topological polar surface area (TPSA) is 42.0 Å². The van der Waals surface area contributed by atoms with Gasteiger partial charge in [-0.05, 0) is 25.6 Å². The molecule has 3 aromatic rings. The van der Waals surface area contributed by atoms with E-state index in [-0.39, 0.29) is 0 Å². The van der Waals surface area contributed by atoms with Gasteiger partial charge < -0.3 is 5.32 Å². The molecule has 0 fully saturated rings. The second kappa shape index (κ2) is 8.78. The van der Waals surface area contributed by atoms with E-state index in [4.69, 9.17) is 23.2 Å². The number of carbonyl (C=O) groups is 1. The number of rotatable bonds is 3. The molecule has 124 valence electrons. The maximum Gasteiger partial charge on any atom is 0.150 e. The molecule has 3 rings (SSSR count). The summed E-state index contributed by atoms with van der Waals surface area (Å²) in [5.74, 6) is 0. The van der Waals surface area contributed by atoms with Crippen LogP contribution in [0.2, 0.25) is 10.2 Å². The highest BCUT2D eigenvalue weighted by Crippen LogP contribution is 2.27. The Morgan fingerprint density at radius 3 is 2.42 bits per heavy atom. The van der Waals surface area contributed by atoms with E-state index in [2.05, 4.69) is 41.5 Å². The third kappa shape index (κ3) is 4.54. The van der Waals surface area contributed by atoms with Crippen molar-refractivity contribution in [1.29, 1.82) is 0 Å². The second-order valence-electron chi connectivity index (χ2n) is 5.24. The van der Waals surface area contributed by atoms with Gasteiger partial charge in [0.1, 0.15) is 11.4 Å². The van der Waals surface area contributed by atoms with Gasteiger partial charge in [0.05, 0.1) is 5.02 Å². The van der Waals surface area contributed by atoms with Crippen molar-refractivity contribution in [1.82, 2.24) is 10.3 Å². The Bertz CT molecular complexity index is 822. The van der Waals surface area contributed by atoms with Crippen LogP contribution >= 0.6 is 23.2 Å². The maximum atomic E-state index is 10.5. The zero-order valence-corrected chi connectivity index (χ0v) is 15.0. The molecule has 0 aliphatic rings. The van der Waals surface area contributed by atoms with Crippen molar-refractivity contribution in [2.75, 3.05) is 7.05 Å². The van der Waals surface area contributed by atoms with E-state index in [1.165, 1.54) is 11.8 Å². The van der Waals surface area contributed by atoms with E-state index in [1.807, 2.05) is 13.1 Å². The molecule has 0 bridgehead atoms. The molecule has 0 saturated carbocycles. The SMILES string of the molecule is CNC(C)c1ccccc1.O=Cc1ccc2c(Cl)cnc(Cl)c2c1. The van der Waals surface area contributed by atoms with Gasteiger partial charge in [-0.2, -0.15) is 0 Å². The largest absolute Gasteiger partial charge is 0.313 e. The van der Waals surface area contributed by atoms with Gasteiger partial charge in [0, 0.05) is 28.6 Å². The van der Waals surface area contributed by atoms with Crippen LogP contribution in [0, 0.1) is 0 Å². The second-order valence-corrected chi connectivity index (χ2v) is 6.01. The summed E-state index contributed by atoms with van der Waals surface area (Å²) in [6.07, 6.45) is 2.25. The Balaban J connectivity index is 0.000000185. The number of pyridine rings is 1. The summed E-state index contributed by atoms with van der Waals surface area (Å²) in [6.45, 7) is 2.15. The third-order valence-corrected chi connectivity index (χ3v) is 4.29. The molecule has 24 heavy (non-hydrogen) atoms. The minimum Gasteiger partial charge on any atom is -0.313 e. The van der Waals surface area contributed by atoms with Crippen LogP contribution < -0.4 is 5.32 Å². The average Bonchev–Trinajstić information content (AvgIpc) is 2.65. The first-order valence-corrected chi connectivity index (χ1v) is 8.23. The van der Waals surface area contributed by atoms with Crippen molar-refractivity contribution in [2.24, 2.45) is 0 Å². The van der Waals surface area contributed by atoms with E-state index in [0.29, 0.717) is 27.2 Å². The lowest BCUT2D eigenvalue weighted by Crippen LogP contribution is -2.11. The summed E-state index contributed by atoms with van der Waals surface area (Å²) in [5.41, 5.74) is 1.90. The van der Waals surface area contributed by atoms with Crippen LogP contribution in [0.15, 0.2) is 54.7 Å². The first kappa shape index (κ1) is 18.4. The number of hydrogen-bond donors (Lipinski definition) is 1. The Labute approximate surface area is 151 Å². The molecular weight excluding hydrogens is 343 g/mol.